The molecule has 0 spiro atoms. The van der Waals surface area contributed by atoms with E-state index in [0.717, 1.165) is 28.3 Å². The lowest BCUT2D eigenvalue weighted by Crippen LogP contribution is -2.11. The highest BCUT2D eigenvalue weighted by atomic mass is 16.4. The maximum atomic E-state index is 12.2. The van der Waals surface area contributed by atoms with Crippen molar-refractivity contribution in [2.45, 2.75) is 20.8 Å². The van der Waals surface area contributed by atoms with Gasteiger partial charge in [-0.2, -0.15) is 0 Å². The van der Waals surface area contributed by atoms with Crippen LogP contribution in [0, 0.1) is 20.8 Å². The highest BCUT2D eigenvalue weighted by molar-refractivity contribution is 6.04. The van der Waals surface area contributed by atoms with E-state index in [2.05, 4.69) is 10.3 Å². The molecule has 0 radical (unpaired) electrons. The van der Waals surface area contributed by atoms with Gasteiger partial charge in [-0.25, -0.2) is 4.98 Å². The maximum Gasteiger partial charge on any atom is 0.255 e. The molecule has 23 heavy (non-hydrogen) atoms. The van der Waals surface area contributed by atoms with E-state index in [1.807, 2.05) is 69.3 Å². The molecule has 0 saturated carbocycles. The van der Waals surface area contributed by atoms with Crippen LogP contribution in [0.4, 0.5) is 5.69 Å². The second kappa shape index (κ2) is 6.08. The number of anilines is 1. The van der Waals surface area contributed by atoms with Crippen molar-refractivity contribution in [3.8, 4) is 11.3 Å². The van der Waals surface area contributed by atoms with Crippen LogP contribution in [0.3, 0.4) is 0 Å². The molecule has 0 saturated heterocycles. The van der Waals surface area contributed by atoms with E-state index in [0.29, 0.717) is 11.5 Å². The molecule has 4 nitrogen and oxygen atoms in total. The largest absolute Gasteiger partial charge is 0.446 e. The summed E-state index contributed by atoms with van der Waals surface area (Å²) < 4.78 is 5.45. The van der Waals surface area contributed by atoms with Gasteiger partial charge in [-0.3, -0.25) is 4.79 Å². The first-order chi connectivity index (χ1) is 11.0. The molecule has 0 aliphatic rings. The summed E-state index contributed by atoms with van der Waals surface area (Å²) in [7, 11) is 0. The van der Waals surface area contributed by atoms with Crippen LogP contribution >= 0.6 is 0 Å². The fraction of sp³-hybridized carbons (Fsp3) is 0.158. The Labute approximate surface area is 135 Å². The number of hydrogen-bond acceptors (Lipinski definition) is 3. The van der Waals surface area contributed by atoms with Gasteiger partial charge in [0.05, 0.1) is 0 Å². The van der Waals surface area contributed by atoms with Crippen molar-refractivity contribution in [3.05, 3.63) is 71.3 Å². The Kier molecular flexibility index (Phi) is 3.98. The summed E-state index contributed by atoms with van der Waals surface area (Å²) >= 11 is 0. The van der Waals surface area contributed by atoms with Crippen molar-refractivity contribution in [3.63, 3.8) is 0 Å². The van der Waals surface area contributed by atoms with Gasteiger partial charge in [0.25, 0.3) is 5.91 Å². The summed E-state index contributed by atoms with van der Waals surface area (Å²) in [5.74, 6) is 1.32. The van der Waals surface area contributed by atoms with E-state index in [9.17, 15) is 4.79 Å². The molecular formula is C19H18N2O2. The van der Waals surface area contributed by atoms with Gasteiger partial charge in [0, 0.05) is 23.7 Å². The molecule has 1 N–H and O–H groups in total. The second-order valence-corrected chi connectivity index (χ2v) is 5.54. The van der Waals surface area contributed by atoms with Gasteiger partial charge in [-0.1, -0.05) is 29.8 Å². The van der Waals surface area contributed by atoms with Crippen LogP contribution in [0.5, 0.6) is 0 Å². The van der Waals surface area contributed by atoms with Gasteiger partial charge in [-0.05, 0) is 38.1 Å². The van der Waals surface area contributed by atoms with Gasteiger partial charge < -0.3 is 9.73 Å². The molecule has 2 aromatic carbocycles. The number of nitrogens with zero attached hydrogens (tertiary/aromatic N) is 1. The smallest absolute Gasteiger partial charge is 0.255 e. The fourth-order valence-corrected chi connectivity index (χ4v) is 2.42. The van der Waals surface area contributed by atoms with Crippen LogP contribution in [-0.2, 0) is 0 Å². The zero-order valence-corrected chi connectivity index (χ0v) is 13.4. The van der Waals surface area contributed by atoms with E-state index >= 15 is 0 Å². The van der Waals surface area contributed by atoms with Crippen molar-refractivity contribution in [2.24, 2.45) is 0 Å². The standard InChI is InChI=1S/C19H18N2O2/c1-12-4-6-16(7-5-12)19(22)21-17-10-8-15(9-11-17)18-13(2)23-14(3)20-18/h4-11H,1-3H3,(H,21,22). The number of benzene rings is 2. The lowest BCUT2D eigenvalue weighted by molar-refractivity contribution is 0.102. The van der Waals surface area contributed by atoms with Crippen LogP contribution in [0.15, 0.2) is 52.9 Å². The lowest BCUT2D eigenvalue weighted by Gasteiger charge is -2.06. The summed E-state index contributed by atoms with van der Waals surface area (Å²) in [6, 6.07) is 15.1. The number of hydrogen-bond donors (Lipinski definition) is 1. The van der Waals surface area contributed by atoms with Crippen molar-refractivity contribution < 1.29 is 9.21 Å². The highest BCUT2D eigenvalue weighted by Crippen LogP contribution is 2.24. The molecular weight excluding hydrogens is 288 g/mol. The summed E-state index contributed by atoms with van der Waals surface area (Å²) in [5.41, 5.74) is 4.32. The van der Waals surface area contributed by atoms with E-state index in [1.165, 1.54) is 0 Å². The monoisotopic (exact) mass is 306 g/mol. The van der Waals surface area contributed by atoms with Crippen molar-refractivity contribution in [1.29, 1.82) is 0 Å². The molecule has 0 atom stereocenters. The summed E-state index contributed by atoms with van der Waals surface area (Å²) in [6.07, 6.45) is 0. The number of carbonyl (C=O) groups excluding carboxylic acids is 1. The Bertz CT molecular complexity index is 831. The fourth-order valence-electron chi connectivity index (χ4n) is 2.42. The molecule has 0 unspecified atom stereocenters. The summed E-state index contributed by atoms with van der Waals surface area (Å²) in [6.45, 7) is 5.71. The molecule has 0 aliphatic heterocycles. The molecule has 1 heterocycles. The Hall–Kier alpha value is -2.88. The second-order valence-electron chi connectivity index (χ2n) is 5.54. The number of nitrogens with one attached hydrogen (secondary N) is 1. The predicted molar refractivity (Wildman–Crippen MR) is 90.5 cm³/mol. The zero-order valence-electron chi connectivity index (χ0n) is 13.4. The van der Waals surface area contributed by atoms with E-state index in [-0.39, 0.29) is 5.91 Å². The Morgan fingerprint density at radius 3 is 2.17 bits per heavy atom. The number of aromatic nitrogens is 1. The molecule has 3 aromatic rings. The number of oxazole rings is 1. The molecule has 0 aliphatic carbocycles. The number of amides is 1. The molecule has 0 bridgehead atoms. The van der Waals surface area contributed by atoms with Gasteiger partial charge in [0.15, 0.2) is 5.89 Å². The molecule has 116 valence electrons. The van der Waals surface area contributed by atoms with E-state index in [1.54, 1.807) is 0 Å². The third kappa shape index (κ3) is 3.31. The third-order valence-electron chi connectivity index (χ3n) is 3.63. The van der Waals surface area contributed by atoms with Crippen LogP contribution in [0.1, 0.15) is 27.6 Å². The van der Waals surface area contributed by atoms with Crippen LogP contribution in [0.25, 0.3) is 11.3 Å². The quantitative estimate of drug-likeness (QED) is 0.774. The average molecular weight is 306 g/mol. The van der Waals surface area contributed by atoms with Crippen molar-refractivity contribution >= 4 is 11.6 Å². The third-order valence-corrected chi connectivity index (χ3v) is 3.63. The summed E-state index contributed by atoms with van der Waals surface area (Å²) in [5, 5.41) is 2.89. The minimum Gasteiger partial charge on any atom is -0.446 e. The van der Waals surface area contributed by atoms with E-state index in [4.69, 9.17) is 4.42 Å². The Morgan fingerprint density at radius 1 is 0.957 bits per heavy atom. The topological polar surface area (TPSA) is 55.1 Å². The Balaban J connectivity index is 1.76. The predicted octanol–water partition coefficient (Wildman–Crippen LogP) is 4.52. The van der Waals surface area contributed by atoms with Crippen molar-refractivity contribution in [2.75, 3.05) is 5.32 Å². The molecule has 1 aromatic heterocycles. The number of rotatable bonds is 3. The minimum atomic E-state index is -0.119. The van der Waals surface area contributed by atoms with Crippen LogP contribution in [-0.4, -0.2) is 10.9 Å². The average Bonchev–Trinajstić information content (AvgIpc) is 2.87. The Morgan fingerprint density at radius 2 is 1.61 bits per heavy atom. The zero-order chi connectivity index (χ0) is 16.4. The first kappa shape index (κ1) is 15.0. The number of carbonyl (C=O) groups is 1. The minimum absolute atomic E-state index is 0.119. The SMILES string of the molecule is Cc1ccc(C(=O)Nc2ccc(-c3nc(C)oc3C)cc2)cc1. The summed E-state index contributed by atoms with van der Waals surface area (Å²) in [4.78, 5) is 16.6. The van der Waals surface area contributed by atoms with Gasteiger partial charge in [0.1, 0.15) is 11.5 Å². The first-order valence-electron chi connectivity index (χ1n) is 7.45. The first-order valence-corrected chi connectivity index (χ1v) is 7.45. The normalized spacial score (nSPS) is 10.6. The molecule has 4 heteroatoms. The van der Waals surface area contributed by atoms with Gasteiger partial charge in [0.2, 0.25) is 0 Å². The molecule has 1 amide bonds. The molecule has 0 fully saturated rings. The molecule has 3 rings (SSSR count). The maximum absolute atomic E-state index is 12.2. The van der Waals surface area contributed by atoms with Crippen molar-refractivity contribution in [1.82, 2.24) is 4.98 Å². The van der Waals surface area contributed by atoms with Gasteiger partial charge >= 0.3 is 0 Å². The van der Waals surface area contributed by atoms with E-state index < -0.39 is 0 Å². The highest BCUT2D eigenvalue weighted by Gasteiger charge is 2.10. The lowest BCUT2D eigenvalue weighted by atomic mass is 10.1. The van der Waals surface area contributed by atoms with Crippen LogP contribution < -0.4 is 5.32 Å². The van der Waals surface area contributed by atoms with Gasteiger partial charge in [-0.15, -0.1) is 0 Å². The van der Waals surface area contributed by atoms with Crippen LogP contribution in [0.2, 0.25) is 0 Å². The number of aryl methyl sites for hydroxylation is 3.